The largest absolute Gasteiger partial charge is 0.467 e. The number of rotatable bonds is 12. The van der Waals surface area contributed by atoms with Crippen LogP contribution in [0.4, 0.5) is 0 Å². The smallest absolute Gasteiger partial charge is 0.242 e. The number of nitrogens with zero attached hydrogens (tertiary/aromatic N) is 2. The fraction of sp³-hybridized carbons (Fsp3) is 0.500. The topological polar surface area (TPSA) is 53.8 Å². The van der Waals surface area contributed by atoms with Gasteiger partial charge in [-0.15, -0.1) is 0 Å². The van der Waals surface area contributed by atoms with Gasteiger partial charge in [0.25, 0.3) is 0 Å². The Balaban J connectivity index is 2.09. The summed E-state index contributed by atoms with van der Waals surface area (Å²) in [4.78, 5) is 29.4. The minimum atomic E-state index is -0.0394. The average Bonchev–Trinajstić information content (AvgIpc) is 3.26. The molecule has 0 N–H and O–H groups in total. The van der Waals surface area contributed by atoms with Gasteiger partial charge in [0, 0.05) is 19.0 Å². The third-order valence-corrected chi connectivity index (χ3v) is 5.29. The number of carbonyl (C=O) groups excluding carboxylic acids is 2. The maximum Gasteiger partial charge on any atom is 0.242 e. The number of carbonyl (C=O) groups is 2. The molecule has 158 valence electrons. The molecule has 1 aromatic heterocycles. The van der Waals surface area contributed by atoms with Gasteiger partial charge in [0.05, 0.1) is 12.8 Å². The Kier molecular flexibility index (Phi) is 9.48. The molecule has 1 unspecified atom stereocenters. The summed E-state index contributed by atoms with van der Waals surface area (Å²) in [5.74, 6) is 0.775. The van der Waals surface area contributed by atoms with Gasteiger partial charge in [0.15, 0.2) is 0 Å². The van der Waals surface area contributed by atoms with Crippen molar-refractivity contribution in [3.8, 4) is 0 Å². The maximum absolute atomic E-state index is 13.2. The van der Waals surface area contributed by atoms with E-state index >= 15 is 0 Å². The van der Waals surface area contributed by atoms with Crippen molar-refractivity contribution in [2.24, 2.45) is 0 Å². The van der Waals surface area contributed by atoms with E-state index in [1.807, 2.05) is 44.2 Å². The predicted octanol–water partition coefficient (Wildman–Crippen LogP) is 4.67. The van der Waals surface area contributed by atoms with Crippen LogP contribution in [0.15, 0.2) is 53.1 Å². The lowest BCUT2D eigenvalue weighted by molar-refractivity contribution is -0.142. The molecule has 1 aromatic carbocycles. The first-order valence-corrected chi connectivity index (χ1v) is 10.7. The standard InChI is InChI=1S/C24H34N2O3/c1-4-6-14-23(27)26(20(3)5-2)19-24(28)25(18-22-13-10-17-29-22)16-15-21-11-8-7-9-12-21/h7-13,17,20H,4-6,14-16,18-19H2,1-3H3. The number of benzene rings is 1. The van der Waals surface area contributed by atoms with Crippen LogP contribution in [0.1, 0.15) is 57.8 Å². The lowest BCUT2D eigenvalue weighted by Gasteiger charge is -2.31. The van der Waals surface area contributed by atoms with Crippen LogP contribution < -0.4 is 0 Å². The van der Waals surface area contributed by atoms with Gasteiger partial charge in [0.2, 0.25) is 11.8 Å². The molecule has 0 aliphatic rings. The van der Waals surface area contributed by atoms with Gasteiger partial charge >= 0.3 is 0 Å². The molecule has 0 bridgehead atoms. The SMILES string of the molecule is CCCCC(=O)N(CC(=O)N(CCc1ccccc1)Cc1ccco1)C(C)CC. The van der Waals surface area contributed by atoms with E-state index in [9.17, 15) is 9.59 Å². The number of hydrogen-bond acceptors (Lipinski definition) is 3. The first kappa shape index (κ1) is 22.7. The maximum atomic E-state index is 13.2. The zero-order valence-electron chi connectivity index (χ0n) is 18.0. The molecule has 1 heterocycles. The van der Waals surface area contributed by atoms with Crippen molar-refractivity contribution in [1.29, 1.82) is 0 Å². The first-order chi connectivity index (χ1) is 14.0. The van der Waals surface area contributed by atoms with Crippen LogP contribution in [-0.4, -0.2) is 40.7 Å². The molecule has 0 saturated heterocycles. The van der Waals surface area contributed by atoms with Crippen LogP contribution in [0.3, 0.4) is 0 Å². The molecule has 29 heavy (non-hydrogen) atoms. The van der Waals surface area contributed by atoms with Gasteiger partial charge < -0.3 is 14.2 Å². The second-order valence-corrected chi connectivity index (χ2v) is 7.51. The number of unbranched alkanes of at least 4 members (excludes halogenated alkanes) is 1. The molecule has 2 rings (SSSR count). The summed E-state index contributed by atoms with van der Waals surface area (Å²) in [6.07, 6.45) is 5.53. The van der Waals surface area contributed by atoms with Crippen molar-refractivity contribution in [2.75, 3.05) is 13.1 Å². The molecule has 5 nitrogen and oxygen atoms in total. The Morgan fingerprint density at radius 1 is 1.03 bits per heavy atom. The Morgan fingerprint density at radius 3 is 2.41 bits per heavy atom. The van der Waals surface area contributed by atoms with Crippen molar-refractivity contribution in [3.63, 3.8) is 0 Å². The lowest BCUT2D eigenvalue weighted by Crippen LogP contribution is -2.46. The van der Waals surface area contributed by atoms with Gasteiger partial charge in [-0.25, -0.2) is 0 Å². The highest BCUT2D eigenvalue weighted by Crippen LogP contribution is 2.13. The van der Waals surface area contributed by atoms with Gasteiger partial charge in [0.1, 0.15) is 12.3 Å². The summed E-state index contributed by atoms with van der Waals surface area (Å²) < 4.78 is 5.47. The number of furan rings is 1. The molecule has 0 aliphatic heterocycles. The lowest BCUT2D eigenvalue weighted by atomic mass is 10.1. The molecule has 0 saturated carbocycles. The minimum absolute atomic E-state index is 0.0394. The van der Waals surface area contributed by atoms with Crippen LogP contribution in [0.25, 0.3) is 0 Å². The highest BCUT2D eigenvalue weighted by Gasteiger charge is 2.24. The van der Waals surface area contributed by atoms with E-state index in [0.717, 1.165) is 31.4 Å². The van der Waals surface area contributed by atoms with E-state index in [2.05, 4.69) is 19.1 Å². The quantitative estimate of drug-likeness (QED) is 0.522. The fourth-order valence-electron chi connectivity index (χ4n) is 3.22. The van der Waals surface area contributed by atoms with E-state index in [1.54, 1.807) is 16.1 Å². The predicted molar refractivity (Wildman–Crippen MR) is 115 cm³/mol. The molecule has 2 aromatic rings. The molecule has 1 atom stereocenters. The molecule has 0 aliphatic carbocycles. The summed E-state index contributed by atoms with van der Waals surface area (Å²) in [6, 6.07) is 13.9. The minimum Gasteiger partial charge on any atom is -0.467 e. The van der Waals surface area contributed by atoms with Crippen molar-refractivity contribution in [2.45, 2.75) is 65.5 Å². The van der Waals surface area contributed by atoms with E-state index in [1.165, 1.54) is 5.56 Å². The fourth-order valence-corrected chi connectivity index (χ4v) is 3.22. The van der Waals surface area contributed by atoms with Crippen molar-refractivity contribution in [3.05, 3.63) is 60.1 Å². The second kappa shape index (κ2) is 12.1. The number of hydrogen-bond donors (Lipinski definition) is 0. The van der Waals surface area contributed by atoms with Gasteiger partial charge in [-0.3, -0.25) is 9.59 Å². The zero-order chi connectivity index (χ0) is 21.1. The number of amides is 2. The molecule has 0 radical (unpaired) electrons. The normalized spacial score (nSPS) is 11.8. The summed E-state index contributed by atoms with van der Waals surface area (Å²) >= 11 is 0. The van der Waals surface area contributed by atoms with E-state index in [4.69, 9.17) is 4.42 Å². The third-order valence-electron chi connectivity index (χ3n) is 5.29. The average molecular weight is 399 g/mol. The molecular formula is C24H34N2O3. The van der Waals surface area contributed by atoms with Crippen LogP contribution in [-0.2, 0) is 22.6 Å². The van der Waals surface area contributed by atoms with Crippen LogP contribution in [0.5, 0.6) is 0 Å². The summed E-state index contributed by atoms with van der Waals surface area (Å²) in [7, 11) is 0. The van der Waals surface area contributed by atoms with Gasteiger partial charge in [-0.05, 0) is 43.9 Å². The van der Waals surface area contributed by atoms with Crippen LogP contribution in [0.2, 0.25) is 0 Å². The third kappa shape index (κ3) is 7.41. The summed E-state index contributed by atoms with van der Waals surface area (Å²) in [6.45, 7) is 7.24. The van der Waals surface area contributed by atoms with Crippen molar-refractivity contribution in [1.82, 2.24) is 9.80 Å². The van der Waals surface area contributed by atoms with E-state index in [-0.39, 0.29) is 24.4 Å². The van der Waals surface area contributed by atoms with Gasteiger partial charge in [-0.1, -0.05) is 50.6 Å². The van der Waals surface area contributed by atoms with Crippen molar-refractivity contribution < 1.29 is 14.0 Å². The van der Waals surface area contributed by atoms with Crippen LogP contribution in [0, 0.1) is 0 Å². The van der Waals surface area contributed by atoms with Crippen molar-refractivity contribution >= 4 is 11.8 Å². The molecule has 5 heteroatoms. The van der Waals surface area contributed by atoms with E-state index < -0.39 is 0 Å². The highest BCUT2D eigenvalue weighted by molar-refractivity contribution is 5.85. The molecular weight excluding hydrogens is 364 g/mol. The first-order valence-electron chi connectivity index (χ1n) is 10.7. The molecule has 0 spiro atoms. The zero-order valence-corrected chi connectivity index (χ0v) is 18.0. The Hall–Kier alpha value is -2.56. The second-order valence-electron chi connectivity index (χ2n) is 7.51. The van der Waals surface area contributed by atoms with Crippen LogP contribution >= 0.6 is 0 Å². The Bertz CT molecular complexity index is 728. The highest BCUT2D eigenvalue weighted by atomic mass is 16.3. The molecule has 0 fully saturated rings. The van der Waals surface area contributed by atoms with Gasteiger partial charge in [-0.2, -0.15) is 0 Å². The molecule has 2 amide bonds. The summed E-state index contributed by atoms with van der Waals surface area (Å²) in [5.41, 5.74) is 1.18. The Morgan fingerprint density at radius 2 is 1.79 bits per heavy atom. The van der Waals surface area contributed by atoms with E-state index in [0.29, 0.717) is 19.5 Å². The Labute approximate surface area is 174 Å². The monoisotopic (exact) mass is 398 g/mol. The summed E-state index contributed by atoms with van der Waals surface area (Å²) in [5, 5.41) is 0.